The van der Waals surface area contributed by atoms with Crippen LogP contribution in [0.2, 0.25) is 0 Å². The molecule has 1 aromatic carbocycles. The van der Waals surface area contributed by atoms with Crippen molar-refractivity contribution in [2.45, 2.75) is 37.6 Å². The number of fused-ring (bicyclic) bond motifs is 1. The van der Waals surface area contributed by atoms with Gasteiger partial charge in [-0.15, -0.1) is 0 Å². The lowest BCUT2D eigenvalue weighted by molar-refractivity contribution is 0.124. The number of benzene rings is 1. The molecule has 0 aliphatic heterocycles. The predicted octanol–water partition coefficient (Wildman–Crippen LogP) is 3.39. The van der Waals surface area contributed by atoms with Crippen molar-refractivity contribution in [1.82, 2.24) is 9.88 Å². The van der Waals surface area contributed by atoms with Crippen LogP contribution in [0, 0.1) is 0 Å². The highest BCUT2D eigenvalue weighted by molar-refractivity contribution is 5.86. The Morgan fingerprint density at radius 1 is 1.33 bits per heavy atom. The third kappa shape index (κ3) is 2.55. The molecule has 0 spiro atoms. The fraction of sp³-hybridized carbons (Fsp3) is 0.438. The lowest BCUT2D eigenvalue weighted by Crippen LogP contribution is -2.38. The van der Waals surface area contributed by atoms with Crippen LogP contribution in [-0.4, -0.2) is 34.2 Å². The summed E-state index contributed by atoms with van der Waals surface area (Å²) >= 11 is 0. The van der Waals surface area contributed by atoms with E-state index in [0.717, 1.165) is 36.9 Å². The molecule has 5 heteroatoms. The second kappa shape index (κ2) is 5.31. The van der Waals surface area contributed by atoms with E-state index in [0.29, 0.717) is 5.92 Å². The molecule has 1 fully saturated rings. The number of hydrogen-bond donors (Lipinski definition) is 3. The Kier molecular flexibility index (Phi) is 3.49. The summed E-state index contributed by atoms with van der Waals surface area (Å²) in [5.41, 5.74) is 9.10. The van der Waals surface area contributed by atoms with Gasteiger partial charge in [0.25, 0.3) is 0 Å². The molecule has 112 valence electrons. The summed E-state index contributed by atoms with van der Waals surface area (Å²) in [7, 11) is 1.67. The predicted molar refractivity (Wildman–Crippen MR) is 83.5 cm³/mol. The van der Waals surface area contributed by atoms with Crippen LogP contribution < -0.4 is 5.73 Å². The van der Waals surface area contributed by atoms with E-state index >= 15 is 0 Å². The van der Waals surface area contributed by atoms with Gasteiger partial charge in [-0.3, -0.25) is 0 Å². The van der Waals surface area contributed by atoms with Crippen LogP contribution >= 0.6 is 0 Å². The molecule has 0 radical (unpaired) electrons. The Bertz CT molecular complexity index is 657. The smallest absolute Gasteiger partial charge is 0.407 e. The maximum Gasteiger partial charge on any atom is 0.407 e. The third-order valence-electron chi connectivity index (χ3n) is 4.72. The molecule has 0 atom stereocenters. The van der Waals surface area contributed by atoms with E-state index in [1.807, 2.05) is 18.2 Å². The minimum absolute atomic E-state index is 0.147. The number of H-pyrrole nitrogens is 1. The number of nitrogens with one attached hydrogen (secondary N) is 1. The number of aromatic nitrogens is 1. The van der Waals surface area contributed by atoms with Gasteiger partial charge in [-0.2, -0.15) is 0 Å². The molecule has 2 aromatic rings. The first kappa shape index (κ1) is 13.8. The number of anilines is 1. The lowest BCUT2D eigenvalue weighted by Gasteiger charge is -2.33. The standard InChI is InChI=1S/C16H21N3O2/c1-19(16(20)21)12-5-2-10(3-6-12)14-9-18-15-7-4-11(17)8-13(14)15/h4,7-10,12,18H,2-3,5-6,17H2,1H3,(H,20,21). The zero-order valence-corrected chi connectivity index (χ0v) is 12.2. The molecule has 1 aliphatic carbocycles. The summed E-state index contributed by atoms with van der Waals surface area (Å²) in [6.07, 6.45) is 5.12. The highest BCUT2D eigenvalue weighted by Crippen LogP contribution is 2.38. The summed E-state index contributed by atoms with van der Waals surface area (Å²) in [4.78, 5) is 15.8. The molecule has 1 aromatic heterocycles. The number of carboxylic acid groups (broad SMARTS) is 1. The van der Waals surface area contributed by atoms with E-state index in [4.69, 9.17) is 10.8 Å². The van der Waals surface area contributed by atoms with Gasteiger partial charge in [-0.25, -0.2) is 4.79 Å². The highest BCUT2D eigenvalue weighted by atomic mass is 16.4. The second-order valence-corrected chi connectivity index (χ2v) is 5.95. The van der Waals surface area contributed by atoms with Crippen molar-refractivity contribution in [3.05, 3.63) is 30.0 Å². The number of aromatic amines is 1. The van der Waals surface area contributed by atoms with Crippen molar-refractivity contribution in [1.29, 1.82) is 0 Å². The number of rotatable bonds is 2. The van der Waals surface area contributed by atoms with Crippen LogP contribution in [0.5, 0.6) is 0 Å². The van der Waals surface area contributed by atoms with Crippen molar-refractivity contribution in [2.24, 2.45) is 0 Å². The summed E-state index contributed by atoms with van der Waals surface area (Å²) < 4.78 is 0. The first-order valence-corrected chi connectivity index (χ1v) is 7.38. The van der Waals surface area contributed by atoms with Crippen LogP contribution in [0.15, 0.2) is 24.4 Å². The largest absolute Gasteiger partial charge is 0.465 e. The molecule has 0 unspecified atom stereocenters. The zero-order chi connectivity index (χ0) is 15.0. The van der Waals surface area contributed by atoms with Crippen LogP contribution in [0.3, 0.4) is 0 Å². The number of nitrogens with zero attached hydrogens (tertiary/aromatic N) is 1. The van der Waals surface area contributed by atoms with Gasteiger partial charge < -0.3 is 20.7 Å². The highest BCUT2D eigenvalue weighted by Gasteiger charge is 2.28. The first-order chi connectivity index (χ1) is 10.1. The van der Waals surface area contributed by atoms with Gasteiger partial charge in [-0.05, 0) is 55.4 Å². The SMILES string of the molecule is CN(C(=O)O)C1CCC(c2c[nH]c3ccc(N)cc23)CC1. The summed E-state index contributed by atoms with van der Waals surface area (Å²) in [6.45, 7) is 0. The van der Waals surface area contributed by atoms with E-state index in [1.165, 1.54) is 15.8 Å². The monoisotopic (exact) mass is 287 g/mol. The molecule has 1 amide bonds. The fourth-order valence-corrected chi connectivity index (χ4v) is 3.43. The van der Waals surface area contributed by atoms with Crippen LogP contribution in [0.25, 0.3) is 10.9 Å². The molecule has 1 saturated carbocycles. The third-order valence-corrected chi connectivity index (χ3v) is 4.72. The second-order valence-electron chi connectivity index (χ2n) is 5.95. The summed E-state index contributed by atoms with van der Waals surface area (Å²) in [5.74, 6) is 0.485. The molecule has 4 N–H and O–H groups in total. The number of hydrogen-bond acceptors (Lipinski definition) is 2. The summed E-state index contributed by atoms with van der Waals surface area (Å²) in [6, 6.07) is 6.09. The quantitative estimate of drug-likeness (QED) is 0.740. The van der Waals surface area contributed by atoms with Gasteiger partial charge in [0.2, 0.25) is 0 Å². The molecular weight excluding hydrogens is 266 g/mol. The lowest BCUT2D eigenvalue weighted by atomic mass is 9.81. The van der Waals surface area contributed by atoms with Crippen molar-refractivity contribution in [2.75, 3.05) is 12.8 Å². The van der Waals surface area contributed by atoms with Crippen molar-refractivity contribution in [3.8, 4) is 0 Å². The Labute approximate surface area is 123 Å². The van der Waals surface area contributed by atoms with Crippen LogP contribution in [-0.2, 0) is 0 Å². The Morgan fingerprint density at radius 2 is 2.05 bits per heavy atom. The Hall–Kier alpha value is -2.17. The van der Waals surface area contributed by atoms with Gasteiger partial charge >= 0.3 is 6.09 Å². The van der Waals surface area contributed by atoms with Gasteiger partial charge in [0.1, 0.15) is 0 Å². The topological polar surface area (TPSA) is 82.4 Å². The van der Waals surface area contributed by atoms with E-state index in [1.54, 1.807) is 7.05 Å². The van der Waals surface area contributed by atoms with E-state index in [-0.39, 0.29) is 6.04 Å². The van der Waals surface area contributed by atoms with Gasteiger partial charge in [0.05, 0.1) is 0 Å². The molecule has 1 aliphatic rings. The first-order valence-electron chi connectivity index (χ1n) is 7.38. The number of nitrogen functional groups attached to an aromatic ring is 1. The number of carbonyl (C=O) groups is 1. The Balaban J connectivity index is 1.77. The van der Waals surface area contributed by atoms with Crippen molar-refractivity contribution < 1.29 is 9.90 Å². The van der Waals surface area contributed by atoms with Crippen molar-refractivity contribution in [3.63, 3.8) is 0 Å². The molecular formula is C16H21N3O2. The van der Waals surface area contributed by atoms with E-state index < -0.39 is 6.09 Å². The maximum atomic E-state index is 11.0. The zero-order valence-electron chi connectivity index (χ0n) is 12.2. The van der Waals surface area contributed by atoms with Gasteiger partial charge in [0.15, 0.2) is 0 Å². The molecule has 5 nitrogen and oxygen atoms in total. The fourth-order valence-electron chi connectivity index (χ4n) is 3.43. The molecule has 1 heterocycles. The van der Waals surface area contributed by atoms with E-state index in [2.05, 4.69) is 11.2 Å². The molecule has 3 rings (SSSR count). The van der Waals surface area contributed by atoms with Gasteiger partial charge in [0, 0.05) is 35.9 Å². The maximum absolute atomic E-state index is 11.0. The minimum Gasteiger partial charge on any atom is -0.465 e. The Morgan fingerprint density at radius 3 is 2.71 bits per heavy atom. The minimum atomic E-state index is -0.835. The summed E-state index contributed by atoms with van der Waals surface area (Å²) in [5, 5.41) is 10.3. The average molecular weight is 287 g/mol. The number of nitrogens with two attached hydrogens (primary N) is 1. The van der Waals surface area contributed by atoms with Crippen LogP contribution in [0.4, 0.5) is 10.5 Å². The molecule has 21 heavy (non-hydrogen) atoms. The molecule has 0 saturated heterocycles. The van der Waals surface area contributed by atoms with Crippen LogP contribution in [0.1, 0.15) is 37.2 Å². The normalized spacial score (nSPS) is 22.3. The molecule has 0 bridgehead atoms. The van der Waals surface area contributed by atoms with Gasteiger partial charge in [-0.1, -0.05) is 0 Å². The van der Waals surface area contributed by atoms with Crippen molar-refractivity contribution >= 4 is 22.7 Å². The average Bonchev–Trinajstić information content (AvgIpc) is 2.89. The van der Waals surface area contributed by atoms with E-state index in [9.17, 15) is 4.79 Å². The number of amides is 1.